The second-order valence-electron chi connectivity index (χ2n) is 5.52. The first-order valence-electron chi connectivity index (χ1n) is 7.64. The van der Waals surface area contributed by atoms with E-state index in [1.54, 1.807) is 43.3 Å². The maximum absolute atomic E-state index is 12.5. The lowest BCUT2D eigenvalue weighted by molar-refractivity contribution is -0.140. The number of pyridine rings is 1. The summed E-state index contributed by atoms with van der Waals surface area (Å²) < 4.78 is 32.8. The van der Waals surface area contributed by atoms with Crippen molar-refractivity contribution in [2.75, 3.05) is 11.8 Å². The van der Waals surface area contributed by atoms with Gasteiger partial charge in [0.1, 0.15) is 5.69 Å². The molecule has 0 saturated heterocycles. The number of nitrogens with one attached hydrogen (secondary N) is 1. The SMILES string of the molecule is COC(=O)CCn1c(C)ccc(NS(=O)(=O)Cc2ccccc2)c1=O. The molecule has 0 radical (unpaired) electrons. The standard InChI is InChI=1S/C17H20N2O5S/c1-13-8-9-15(17(21)19(13)11-10-16(20)24-2)18-25(22,23)12-14-6-4-3-5-7-14/h3-9,18H,10-12H2,1-2H3. The van der Waals surface area contributed by atoms with Crippen LogP contribution in [0, 0.1) is 6.92 Å². The van der Waals surface area contributed by atoms with Crippen molar-refractivity contribution in [2.45, 2.75) is 25.6 Å². The number of ether oxygens (including phenoxy) is 1. The first-order chi connectivity index (χ1) is 11.8. The number of hydrogen-bond acceptors (Lipinski definition) is 5. The largest absolute Gasteiger partial charge is 0.469 e. The molecule has 7 nitrogen and oxygen atoms in total. The predicted octanol–water partition coefficient (Wildman–Crippen LogP) is 1.66. The van der Waals surface area contributed by atoms with Gasteiger partial charge in [0.15, 0.2) is 0 Å². The lowest BCUT2D eigenvalue weighted by atomic mass is 10.2. The third-order valence-corrected chi connectivity index (χ3v) is 4.87. The zero-order valence-corrected chi connectivity index (χ0v) is 14.9. The van der Waals surface area contributed by atoms with Gasteiger partial charge in [-0.15, -0.1) is 0 Å². The van der Waals surface area contributed by atoms with Crippen molar-refractivity contribution in [1.82, 2.24) is 4.57 Å². The Morgan fingerprint density at radius 2 is 1.84 bits per heavy atom. The Morgan fingerprint density at radius 3 is 2.48 bits per heavy atom. The van der Waals surface area contributed by atoms with Gasteiger partial charge in [-0.2, -0.15) is 0 Å². The second-order valence-corrected chi connectivity index (χ2v) is 7.24. The van der Waals surface area contributed by atoms with Crippen molar-refractivity contribution in [3.63, 3.8) is 0 Å². The molecule has 1 aromatic carbocycles. The molecule has 134 valence electrons. The Morgan fingerprint density at radius 1 is 1.16 bits per heavy atom. The summed E-state index contributed by atoms with van der Waals surface area (Å²) in [4.78, 5) is 23.8. The maximum atomic E-state index is 12.5. The highest BCUT2D eigenvalue weighted by atomic mass is 32.2. The minimum absolute atomic E-state index is 0.0253. The molecule has 0 amide bonds. The summed E-state index contributed by atoms with van der Waals surface area (Å²) in [5, 5.41) is 0. The van der Waals surface area contributed by atoms with Crippen LogP contribution < -0.4 is 10.3 Å². The van der Waals surface area contributed by atoms with Crippen LogP contribution in [0.25, 0.3) is 0 Å². The minimum atomic E-state index is -3.73. The quantitative estimate of drug-likeness (QED) is 0.754. The zero-order valence-electron chi connectivity index (χ0n) is 14.1. The van der Waals surface area contributed by atoms with Gasteiger partial charge in [0, 0.05) is 12.2 Å². The fourth-order valence-corrected chi connectivity index (χ4v) is 3.52. The third kappa shape index (κ3) is 5.18. The van der Waals surface area contributed by atoms with Crippen LogP contribution in [0.2, 0.25) is 0 Å². The first kappa shape index (κ1) is 18.7. The summed E-state index contributed by atoms with van der Waals surface area (Å²) in [6.45, 7) is 1.83. The van der Waals surface area contributed by atoms with Crippen LogP contribution in [0.1, 0.15) is 17.7 Å². The number of rotatable bonds is 7. The number of anilines is 1. The van der Waals surface area contributed by atoms with E-state index >= 15 is 0 Å². The molecular formula is C17H20N2O5S. The van der Waals surface area contributed by atoms with Gasteiger partial charge in [-0.05, 0) is 24.6 Å². The smallest absolute Gasteiger partial charge is 0.307 e. The van der Waals surface area contributed by atoms with E-state index in [2.05, 4.69) is 9.46 Å². The molecule has 0 atom stereocenters. The van der Waals surface area contributed by atoms with Crippen LogP contribution in [-0.4, -0.2) is 26.1 Å². The van der Waals surface area contributed by atoms with Crippen LogP contribution in [0.3, 0.4) is 0 Å². The van der Waals surface area contributed by atoms with Gasteiger partial charge >= 0.3 is 5.97 Å². The van der Waals surface area contributed by atoms with Gasteiger partial charge in [0.05, 0.1) is 19.3 Å². The topological polar surface area (TPSA) is 94.5 Å². The number of nitrogens with zero attached hydrogens (tertiary/aromatic N) is 1. The molecule has 2 aromatic rings. The molecule has 8 heteroatoms. The molecule has 0 unspecified atom stereocenters. The number of carbonyl (C=O) groups is 1. The zero-order chi connectivity index (χ0) is 18.4. The highest BCUT2D eigenvalue weighted by Gasteiger charge is 2.16. The Bertz CT molecular complexity index is 904. The van der Waals surface area contributed by atoms with E-state index < -0.39 is 21.6 Å². The molecule has 0 saturated carbocycles. The Labute approximate surface area is 146 Å². The first-order valence-corrected chi connectivity index (χ1v) is 9.29. The maximum Gasteiger partial charge on any atom is 0.307 e. The van der Waals surface area contributed by atoms with Crippen LogP contribution in [0.5, 0.6) is 0 Å². The van der Waals surface area contributed by atoms with Crippen LogP contribution in [-0.2, 0) is 31.9 Å². The molecule has 0 fully saturated rings. The molecule has 0 bridgehead atoms. The summed E-state index contributed by atoms with van der Waals surface area (Å²) in [6.07, 6.45) is 0.0253. The highest BCUT2D eigenvalue weighted by Crippen LogP contribution is 2.11. The molecule has 0 spiro atoms. The lowest BCUT2D eigenvalue weighted by Crippen LogP contribution is -2.28. The molecule has 1 N–H and O–H groups in total. The summed E-state index contributed by atoms with van der Waals surface area (Å²) in [5.74, 6) is -0.676. The average Bonchev–Trinajstić information content (AvgIpc) is 2.57. The summed E-state index contributed by atoms with van der Waals surface area (Å²) >= 11 is 0. The number of esters is 1. The van der Waals surface area contributed by atoms with Crippen molar-refractivity contribution in [3.8, 4) is 0 Å². The van der Waals surface area contributed by atoms with Gasteiger partial charge in [-0.1, -0.05) is 30.3 Å². The number of carbonyl (C=O) groups excluding carboxylic acids is 1. The van der Waals surface area contributed by atoms with E-state index in [1.165, 1.54) is 17.7 Å². The molecule has 1 aromatic heterocycles. The second kappa shape index (κ2) is 7.98. The fraction of sp³-hybridized carbons (Fsp3) is 0.294. The van der Waals surface area contributed by atoms with E-state index in [9.17, 15) is 18.0 Å². The number of aromatic nitrogens is 1. The van der Waals surface area contributed by atoms with E-state index in [0.29, 0.717) is 11.3 Å². The van der Waals surface area contributed by atoms with Gasteiger partial charge in [0.2, 0.25) is 10.0 Å². The van der Waals surface area contributed by atoms with Gasteiger partial charge in [-0.25, -0.2) is 8.42 Å². The number of hydrogen-bond donors (Lipinski definition) is 1. The van der Waals surface area contributed by atoms with E-state index in [4.69, 9.17) is 0 Å². The van der Waals surface area contributed by atoms with E-state index in [1.807, 2.05) is 0 Å². The number of methoxy groups -OCH3 is 1. The van der Waals surface area contributed by atoms with Crippen molar-refractivity contribution >= 4 is 21.7 Å². The van der Waals surface area contributed by atoms with Crippen molar-refractivity contribution in [1.29, 1.82) is 0 Å². The summed E-state index contributed by atoms with van der Waals surface area (Å²) in [7, 11) is -2.46. The lowest BCUT2D eigenvalue weighted by Gasteiger charge is -2.13. The summed E-state index contributed by atoms with van der Waals surface area (Å²) in [6, 6.07) is 11.7. The van der Waals surface area contributed by atoms with Gasteiger partial charge < -0.3 is 9.30 Å². The molecule has 0 aliphatic heterocycles. The number of benzene rings is 1. The van der Waals surface area contributed by atoms with E-state index in [-0.39, 0.29) is 24.4 Å². The number of sulfonamides is 1. The number of aryl methyl sites for hydroxylation is 1. The molecule has 25 heavy (non-hydrogen) atoms. The Balaban J connectivity index is 2.22. The molecular weight excluding hydrogens is 344 g/mol. The Kier molecular flexibility index (Phi) is 5.97. The molecule has 0 aliphatic rings. The monoisotopic (exact) mass is 364 g/mol. The van der Waals surface area contributed by atoms with Crippen LogP contribution in [0.4, 0.5) is 5.69 Å². The third-order valence-electron chi connectivity index (χ3n) is 3.62. The molecule has 2 rings (SSSR count). The minimum Gasteiger partial charge on any atom is -0.469 e. The fourth-order valence-electron chi connectivity index (χ4n) is 2.33. The molecule has 0 aliphatic carbocycles. The molecule has 1 heterocycles. The van der Waals surface area contributed by atoms with Gasteiger partial charge in [0.25, 0.3) is 5.56 Å². The predicted molar refractivity (Wildman–Crippen MR) is 94.8 cm³/mol. The summed E-state index contributed by atoms with van der Waals surface area (Å²) in [5.41, 5.74) is 0.694. The van der Waals surface area contributed by atoms with Gasteiger partial charge in [-0.3, -0.25) is 14.3 Å². The van der Waals surface area contributed by atoms with E-state index in [0.717, 1.165) is 0 Å². The van der Waals surface area contributed by atoms with Crippen molar-refractivity contribution in [2.24, 2.45) is 0 Å². The highest BCUT2D eigenvalue weighted by molar-refractivity contribution is 7.91. The van der Waals surface area contributed by atoms with Crippen LogP contribution >= 0.6 is 0 Å². The average molecular weight is 364 g/mol. The Hall–Kier alpha value is -2.61. The van der Waals surface area contributed by atoms with Crippen molar-refractivity contribution in [3.05, 3.63) is 64.1 Å². The normalized spacial score (nSPS) is 11.1. The van der Waals surface area contributed by atoms with Crippen molar-refractivity contribution < 1.29 is 17.9 Å². The van der Waals surface area contributed by atoms with Crippen LogP contribution in [0.15, 0.2) is 47.3 Å².